The number of ether oxygens (including phenoxy) is 1. The van der Waals surface area contributed by atoms with Crippen molar-refractivity contribution in [3.05, 3.63) is 29.8 Å². The minimum atomic E-state index is 0. The van der Waals surface area contributed by atoms with E-state index in [1.807, 2.05) is 6.07 Å². The molecule has 0 aromatic heterocycles. The van der Waals surface area contributed by atoms with Gasteiger partial charge < -0.3 is 20.3 Å². The topological polar surface area (TPSA) is 52.1 Å². The molecule has 1 aromatic carbocycles. The Morgan fingerprint density at radius 1 is 1.07 bits per heavy atom. The molecule has 1 atom stereocenters. The van der Waals surface area contributed by atoms with Crippen molar-refractivity contribution in [2.75, 3.05) is 59.5 Å². The van der Waals surface area contributed by atoms with E-state index < -0.39 is 0 Å². The Balaban J connectivity index is 0.00000320. The number of benzene rings is 1. The predicted molar refractivity (Wildman–Crippen MR) is 136 cm³/mol. The molecule has 0 saturated carbocycles. The first-order chi connectivity index (χ1) is 14.3. The Labute approximate surface area is 199 Å². The lowest BCUT2D eigenvalue weighted by molar-refractivity contribution is 0.245. The molecule has 0 amide bonds. The third-order valence-electron chi connectivity index (χ3n) is 5.99. The number of hydrogen-bond donors (Lipinski definition) is 2. The number of methoxy groups -OCH3 is 1. The summed E-state index contributed by atoms with van der Waals surface area (Å²) in [7, 11) is 1.76. The van der Waals surface area contributed by atoms with Crippen molar-refractivity contribution in [2.24, 2.45) is 4.99 Å². The Kier molecular flexibility index (Phi) is 11.8. The molecule has 2 N–H and O–H groups in total. The molecular formula is C23H40IN5O. The molecule has 2 heterocycles. The molecule has 170 valence electrons. The van der Waals surface area contributed by atoms with Gasteiger partial charge in [-0.25, -0.2) is 0 Å². The van der Waals surface area contributed by atoms with E-state index in [0.29, 0.717) is 0 Å². The first-order valence-corrected chi connectivity index (χ1v) is 11.4. The van der Waals surface area contributed by atoms with Gasteiger partial charge in [0.2, 0.25) is 0 Å². The largest absolute Gasteiger partial charge is 0.496 e. The van der Waals surface area contributed by atoms with Crippen LogP contribution in [0.15, 0.2) is 29.3 Å². The van der Waals surface area contributed by atoms with Crippen molar-refractivity contribution in [1.29, 1.82) is 0 Å². The second kappa shape index (κ2) is 14.1. The highest BCUT2D eigenvalue weighted by Gasteiger charge is 2.25. The Morgan fingerprint density at radius 3 is 2.47 bits per heavy atom. The fourth-order valence-corrected chi connectivity index (χ4v) is 4.44. The number of nitrogens with zero attached hydrogens (tertiary/aromatic N) is 3. The van der Waals surface area contributed by atoms with Crippen LogP contribution in [0, 0.1) is 0 Å². The van der Waals surface area contributed by atoms with Crippen molar-refractivity contribution in [3.63, 3.8) is 0 Å². The van der Waals surface area contributed by atoms with Crippen LogP contribution in [0.2, 0.25) is 0 Å². The van der Waals surface area contributed by atoms with E-state index in [4.69, 9.17) is 9.73 Å². The van der Waals surface area contributed by atoms with Gasteiger partial charge in [-0.15, -0.1) is 24.0 Å². The second-order valence-corrected chi connectivity index (χ2v) is 8.05. The van der Waals surface area contributed by atoms with Crippen molar-refractivity contribution in [1.82, 2.24) is 20.4 Å². The number of rotatable bonds is 10. The summed E-state index contributed by atoms with van der Waals surface area (Å²) in [5.74, 6) is 1.89. The standard InChI is InChI=1S/C23H39N5O.HI/c1-3-24-23(25-13-10-16-27-14-6-7-15-27)26-19-21(28-17-8-9-18-28)20-11-4-5-12-22(20)29-2;/h4-5,11-12,21H,3,6-10,13-19H2,1-2H3,(H2,24,25,26);1H. The molecule has 0 bridgehead atoms. The molecule has 0 aliphatic carbocycles. The van der Waals surface area contributed by atoms with Crippen LogP contribution < -0.4 is 15.4 Å². The monoisotopic (exact) mass is 529 g/mol. The molecule has 2 aliphatic heterocycles. The van der Waals surface area contributed by atoms with E-state index >= 15 is 0 Å². The maximum Gasteiger partial charge on any atom is 0.191 e. The van der Waals surface area contributed by atoms with Gasteiger partial charge in [-0.1, -0.05) is 18.2 Å². The highest BCUT2D eigenvalue weighted by atomic mass is 127. The number of aliphatic imine (C=N–C) groups is 1. The zero-order valence-corrected chi connectivity index (χ0v) is 21.1. The minimum Gasteiger partial charge on any atom is -0.496 e. The summed E-state index contributed by atoms with van der Waals surface area (Å²) < 4.78 is 5.66. The molecule has 0 spiro atoms. The summed E-state index contributed by atoms with van der Waals surface area (Å²) in [5.41, 5.74) is 1.24. The van der Waals surface area contributed by atoms with Gasteiger partial charge in [0.1, 0.15) is 5.75 Å². The van der Waals surface area contributed by atoms with E-state index in [0.717, 1.165) is 50.9 Å². The summed E-state index contributed by atoms with van der Waals surface area (Å²) in [6.07, 6.45) is 6.41. The van der Waals surface area contributed by atoms with E-state index in [2.05, 4.69) is 45.6 Å². The van der Waals surface area contributed by atoms with Crippen LogP contribution in [0.25, 0.3) is 0 Å². The summed E-state index contributed by atoms with van der Waals surface area (Å²) >= 11 is 0. The molecular weight excluding hydrogens is 489 g/mol. The third kappa shape index (κ3) is 7.57. The van der Waals surface area contributed by atoms with Crippen LogP contribution >= 0.6 is 24.0 Å². The SMILES string of the molecule is CCNC(=NCC(c1ccccc1OC)N1CCCC1)NCCCN1CCCC1.I. The fraction of sp³-hybridized carbons (Fsp3) is 0.696. The van der Waals surface area contributed by atoms with Gasteiger partial charge in [0, 0.05) is 18.7 Å². The molecule has 3 rings (SSSR count). The average Bonchev–Trinajstić information content (AvgIpc) is 3.46. The molecule has 1 unspecified atom stereocenters. The molecule has 6 nitrogen and oxygen atoms in total. The smallest absolute Gasteiger partial charge is 0.191 e. The highest BCUT2D eigenvalue weighted by molar-refractivity contribution is 14.0. The van der Waals surface area contributed by atoms with Gasteiger partial charge in [-0.2, -0.15) is 0 Å². The lowest BCUT2D eigenvalue weighted by atomic mass is 10.0. The van der Waals surface area contributed by atoms with Crippen molar-refractivity contribution in [3.8, 4) is 5.75 Å². The van der Waals surface area contributed by atoms with E-state index in [9.17, 15) is 0 Å². The zero-order chi connectivity index (χ0) is 20.3. The summed E-state index contributed by atoms with van der Waals surface area (Å²) in [5, 5.41) is 6.95. The summed E-state index contributed by atoms with van der Waals surface area (Å²) in [4.78, 5) is 10.1. The second-order valence-electron chi connectivity index (χ2n) is 8.05. The van der Waals surface area contributed by atoms with Gasteiger partial charge in [0.05, 0.1) is 19.7 Å². The fourth-order valence-electron chi connectivity index (χ4n) is 4.44. The average molecular weight is 530 g/mol. The lowest BCUT2D eigenvalue weighted by Crippen LogP contribution is -2.39. The maximum absolute atomic E-state index is 5.66. The molecule has 2 saturated heterocycles. The Morgan fingerprint density at radius 2 is 1.77 bits per heavy atom. The van der Waals surface area contributed by atoms with Crippen LogP contribution in [-0.2, 0) is 0 Å². The number of likely N-dealkylation sites (tertiary alicyclic amines) is 2. The van der Waals surface area contributed by atoms with Gasteiger partial charge in [0.25, 0.3) is 0 Å². The van der Waals surface area contributed by atoms with Crippen molar-refractivity contribution < 1.29 is 4.74 Å². The number of halogens is 1. The van der Waals surface area contributed by atoms with Crippen molar-refractivity contribution in [2.45, 2.75) is 45.1 Å². The normalized spacial score (nSPS) is 18.8. The molecule has 1 aromatic rings. The maximum atomic E-state index is 5.66. The van der Waals surface area contributed by atoms with E-state index in [1.165, 1.54) is 50.9 Å². The van der Waals surface area contributed by atoms with Gasteiger partial charge in [-0.05, 0) is 77.8 Å². The van der Waals surface area contributed by atoms with Crippen molar-refractivity contribution >= 4 is 29.9 Å². The first kappa shape index (κ1) is 25.2. The van der Waals surface area contributed by atoms with Crippen LogP contribution in [0.1, 0.15) is 50.6 Å². The van der Waals surface area contributed by atoms with Gasteiger partial charge in [0.15, 0.2) is 5.96 Å². The van der Waals surface area contributed by atoms with E-state index in [1.54, 1.807) is 7.11 Å². The van der Waals surface area contributed by atoms with Crippen LogP contribution in [0.4, 0.5) is 0 Å². The number of para-hydroxylation sites is 1. The molecule has 2 fully saturated rings. The molecule has 2 aliphatic rings. The predicted octanol–water partition coefficient (Wildman–Crippen LogP) is 3.49. The van der Waals surface area contributed by atoms with Crippen LogP contribution in [0.5, 0.6) is 5.75 Å². The number of nitrogens with one attached hydrogen (secondary N) is 2. The van der Waals surface area contributed by atoms with Crippen LogP contribution in [-0.4, -0.2) is 75.2 Å². The molecule has 0 radical (unpaired) electrons. The summed E-state index contributed by atoms with van der Waals surface area (Å²) in [6.45, 7) is 10.7. The molecule has 30 heavy (non-hydrogen) atoms. The van der Waals surface area contributed by atoms with E-state index in [-0.39, 0.29) is 30.0 Å². The van der Waals surface area contributed by atoms with Crippen LogP contribution in [0.3, 0.4) is 0 Å². The number of guanidine groups is 1. The Bertz CT molecular complexity index is 630. The zero-order valence-electron chi connectivity index (χ0n) is 18.7. The minimum absolute atomic E-state index is 0. The third-order valence-corrected chi connectivity index (χ3v) is 5.99. The highest BCUT2D eigenvalue weighted by Crippen LogP contribution is 2.31. The summed E-state index contributed by atoms with van der Waals surface area (Å²) in [6, 6.07) is 8.65. The lowest BCUT2D eigenvalue weighted by Gasteiger charge is -2.28. The Hall–Kier alpha value is -1.06. The van der Waals surface area contributed by atoms with Gasteiger partial charge in [-0.3, -0.25) is 9.89 Å². The first-order valence-electron chi connectivity index (χ1n) is 11.4. The quantitative estimate of drug-likeness (QED) is 0.211. The molecule has 7 heteroatoms. The number of hydrogen-bond acceptors (Lipinski definition) is 4. The van der Waals surface area contributed by atoms with Gasteiger partial charge >= 0.3 is 0 Å².